The second kappa shape index (κ2) is 3.35. The van der Waals surface area contributed by atoms with Gasteiger partial charge in [0, 0.05) is 11.8 Å². The van der Waals surface area contributed by atoms with Crippen LogP contribution in [0.3, 0.4) is 0 Å². The lowest BCUT2D eigenvalue weighted by Gasteiger charge is -1.98. The first-order chi connectivity index (χ1) is 6.36. The molecule has 2 heteroatoms. The molecular weight excluding hydrogens is 165 g/mol. The van der Waals surface area contributed by atoms with Crippen LogP contribution in [-0.4, -0.2) is 4.98 Å². The van der Waals surface area contributed by atoms with Gasteiger partial charge >= 0.3 is 0 Å². The van der Waals surface area contributed by atoms with Crippen molar-refractivity contribution in [2.45, 2.75) is 0 Å². The molecule has 0 aliphatic carbocycles. The lowest BCUT2D eigenvalue weighted by molar-refractivity contribution is 0.619. The molecule has 0 saturated heterocycles. The van der Waals surface area contributed by atoms with Crippen molar-refractivity contribution in [1.29, 1.82) is 0 Å². The fourth-order valence-electron chi connectivity index (χ4n) is 1.16. The highest BCUT2D eigenvalue weighted by molar-refractivity contribution is 5.61. The Morgan fingerprint density at radius 3 is 2.54 bits per heavy atom. The van der Waals surface area contributed by atoms with E-state index < -0.39 is 5.82 Å². The average molecular weight is 172 g/mol. The van der Waals surface area contributed by atoms with Gasteiger partial charge in [0.05, 0.1) is 0 Å². The highest BCUT2D eigenvalue weighted by atomic mass is 19.1. The Morgan fingerprint density at radius 1 is 1.08 bits per heavy atom. The summed E-state index contributed by atoms with van der Waals surface area (Å²) in [6, 6.07) is 11.0. The first-order valence-corrected chi connectivity index (χ1v) is 3.95. The van der Waals surface area contributed by atoms with Crippen molar-refractivity contribution in [1.82, 2.24) is 4.98 Å². The molecule has 0 amide bonds. The molecule has 0 unspecified atom stereocenters. The molecule has 1 aromatic carbocycles. The van der Waals surface area contributed by atoms with Gasteiger partial charge < -0.3 is 0 Å². The Bertz CT molecular complexity index is 398. The zero-order valence-electron chi connectivity index (χ0n) is 6.87. The molecular formula is C11H7FN. The molecule has 0 saturated carbocycles. The summed E-state index contributed by atoms with van der Waals surface area (Å²) in [5, 5.41) is 0. The maximum absolute atomic E-state index is 12.7. The number of rotatable bonds is 1. The van der Waals surface area contributed by atoms with Crippen molar-refractivity contribution < 1.29 is 4.39 Å². The first-order valence-electron chi connectivity index (χ1n) is 3.95. The van der Waals surface area contributed by atoms with E-state index in [1.807, 2.05) is 30.3 Å². The van der Waals surface area contributed by atoms with E-state index >= 15 is 0 Å². The summed E-state index contributed by atoms with van der Waals surface area (Å²) >= 11 is 0. The molecule has 1 nitrogen and oxygen atoms in total. The molecule has 0 atom stereocenters. The summed E-state index contributed by atoms with van der Waals surface area (Å²) in [5.74, 6) is -0.429. The lowest BCUT2D eigenvalue weighted by atomic mass is 10.1. The van der Waals surface area contributed by atoms with Crippen molar-refractivity contribution >= 4 is 0 Å². The fourth-order valence-corrected chi connectivity index (χ4v) is 1.16. The van der Waals surface area contributed by atoms with Crippen LogP contribution in [0.15, 0.2) is 42.6 Å². The van der Waals surface area contributed by atoms with E-state index in [-0.39, 0.29) is 0 Å². The van der Waals surface area contributed by atoms with E-state index in [2.05, 4.69) is 11.2 Å². The van der Waals surface area contributed by atoms with Crippen LogP contribution in [0.25, 0.3) is 11.1 Å². The minimum absolute atomic E-state index is 0.429. The maximum atomic E-state index is 12.7. The molecule has 1 heterocycles. The fraction of sp³-hybridized carbons (Fsp3) is 0. The Kier molecular flexibility index (Phi) is 2.04. The SMILES string of the molecule is Fc1[c]ncc(-c2ccccc2)c1. The predicted molar refractivity (Wildman–Crippen MR) is 48.5 cm³/mol. The Morgan fingerprint density at radius 2 is 1.85 bits per heavy atom. The summed E-state index contributed by atoms with van der Waals surface area (Å²) in [7, 11) is 0. The largest absolute Gasteiger partial charge is 0.251 e. The number of hydrogen-bond donors (Lipinski definition) is 0. The van der Waals surface area contributed by atoms with Gasteiger partial charge in [-0.1, -0.05) is 30.3 Å². The molecule has 0 spiro atoms. The molecule has 0 N–H and O–H groups in total. The Labute approximate surface area is 75.9 Å². The van der Waals surface area contributed by atoms with Crippen molar-refractivity contribution in [2.24, 2.45) is 0 Å². The highest BCUT2D eigenvalue weighted by Gasteiger charge is 1.98. The number of pyridine rings is 1. The van der Waals surface area contributed by atoms with E-state index in [0.717, 1.165) is 11.1 Å². The minimum Gasteiger partial charge on any atom is -0.251 e. The molecule has 1 radical (unpaired) electrons. The molecule has 0 aliphatic heterocycles. The molecule has 0 bridgehead atoms. The topological polar surface area (TPSA) is 12.9 Å². The Hall–Kier alpha value is -1.70. The molecule has 13 heavy (non-hydrogen) atoms. The highest BCUT2D eigenvalue weighted by Crippen LogP contribution is 2.17. The number of nitrogens with zero attached hydrogens (tertiary/aromatic N) is 1. The van der Waals surface area contributed by atoms with Gasteiger partial charge in [0.15, 0.2) is 5.82 Å². The third-order valence-electron chi connectivity index (χ3n) is 1.76. The molecule has 0 fully saturated rings. The van der Waals surface area contributed by atoms with Crippen molar-refractivity contribution in [3.63, 3.8) is 0 Å². The lowest BCUT2D eigenvalue weighted by Crippen LogP contribution is -1.82. The van der Waals surface area contributed by atoms with Crippen LogP contribution in [0.2, 0.25) is 0 Å². The van der Waals surface area contributed by atoms with Crippen LogP contribution in [0.5, 0.6) is 0 Å². The average Bonchev–Trinajstić information content (AvgIpc) is 2.19. The normalized spacial score (nSPS) is 9.92. The van der Waals surface area contributed by atoms with E-state index in [1.165, 1.54) is 6.07 Å². The third kappa shape index (κ3) is 1.72. The van der Waals surface area contributed by atoms with E-state index in [0.29, 0.717) is 0 Å². The first kappa shape index (κ1) is 7.92. The molecule has 1 aromatic heterocycles. The Balaban J connectivity index is 2.48. The van der Waals surface area contributed by atoms with Gasteiger partial charge in [-0.15, -0.1) is 0 Å². The van der Waals surface area contributed by atoms with Crippen LogP contribution in [0.1, 0.15) is 0 Å². The quantitative estimate of drug-likeness (QED) is 0.644. The predicted octanol–water partition coefficient (Wildman–Crippen LogP) is 2.69. The van der Waals surface area contributed by atoms with Gasteiger partial charge in [-0.25, -0.2) is 4.39 Å². The van der Waals surface area contributed by atoms with Crippen LogP contribution < -0.4 is 0 Å². The van der Waals surface area contributed by atoms with Gasteiger partial charge in [0.25, 0.3) is 0 Å². The van der Waals surface area contributed by atoms with E-state index in [9.17, 15) is 4.39 Å². The van der Waals surface area contributed by atoms with Crippen molar-refractivity contribution in [3.05, 3.63) is 54.6 Å². The summed E-state index contributed by atoms with van der Waals surface area (Å²) in [6.07, 6.45) is 3.82. The van der Waals surface area contributed by atoms with Crippen LogP contribution >= 0.6 is 0 Å². The monoisotopic (exact) mass is 172 g/mol. The second-order valence-corrected chi connectivity index (χ2v) is 2.68. The van der Waals surface area contributed by atoms with Crippen molar-refractivity contribution in [2.75, 3.05) is 0 Å². The molecule has 63 valence electrons. The standard InChI is InChI=1S/C11H7FN/c12-11-6-10(7-13-8-11)9-4-2-1-3-5-9/h1-7H. The summed E-state index contributed by atoms with van der Waals surface area (Å²) in [6.45, 7) is 0. The van der Waals surface area contributed by atoms with Crippen molar-refractivity contribution in [3.8, 4) is 11.1 Å². The van der Waals surface area contributed by atoms with Gasteiger partial charge in [-0.3, -0.25) is 4.98 Å². The molecule has 2 rings (SSSR count). The van der Waals surface area contributed by atoms with E-state index in [1.54, 1.807) is 6.20 Å². The zero-order chi connectivity index (χ0) is 9.10. The summed E-state index contributed by atoms with van der Waals surface area (Å²) in [5.41, 5.74) is 1.74. The second-order valence-electron chi connectivity index (χ2n) is 2.68. The van der Waals surface area contributed by atoms with Crippen LogP contribution in [0.4, 0.5) is 4.39 Å². The molecule has 2 aromatic rings. The molecule has 0 aliphatic rings. The minimum atomic E-state index is -0.429. The van der Waals surface area contributed by atoms with E-state index in [4.69, 9.17) is 0 Å². The van der Waals surface area contributed by atoms with Gasteiger partial charge in [-0.2, -0.15) is 0 Å². The number of hydrogen-bond acceptors (Lipinski definition) is 1. The van der Waals surface area contributed by atoms with Crippen LogP contribution in [-0.2, 0) is 0 Å². The van der Waals surface area contributed by atoms with Crippen LogP contribution in [0, 0.1) is 12.0 Å². The smallest absolute Gasteiger partial charge is 0.151 e. The van der Waals surface area contributed by atoms with Gasteiger partial charge in [-0.05, 0) is 11.6 Å². The van der Waals surface area contributed by atoms with Gasteiger partial charge in [0.2, 0.25) is 0 Å². The summed E-state index contributed by atoms with van der Waals surface area (Å²) < 4.78 is 12.7. The summed E-state index contributed by atoms with van der Waals surface area (Å²) in [4.78, 5) is 3.66. The van der Waals surface area contributed by atoms with Gasteiger partial charge in [0.1, 0.15) is 6.20 Å². The maximum Gasteiger partial charge on any atom is 0.151 e. The number of benzene rings is 1. The third-order valence-corrected chi connectivity index (χ3v) is 1.76. The number of halogens is 1. The zero-order valence-corrected chi connectivity index (χ0v) is 6.87. The number of aromatic nitrogens is 1.